The highest BCUT2D eigenvalue weighted by Gasteiger charge is 2.15. The number of carbonyl (C=O) groups is 1. The molecule has 1 heterocycles. The number of rotatable bonds is 3. The van der Waals surface area contributed by atoms with Gasteiger partial charge in [0.1, 0.15) is 0 Å². The van der Waals surface area contributed by atoms with Gasteiger partial charge in [0.05, 0.1) is 0 Å². The lowest BCUT2D eigenvalue weighted by atomic mass is 9.96. The second-order valence-electron chi connectivity index (χ2n) is 4.92. The highest BCUT2D eigenvalue weighted by molar-refractivity contribution is 5.94. The molecule has 6 heteroatoms. The summed E-state index contributed by atoms with van der Waals surface area (Å²) < 4.78 is 0. The first kappa shape index (κ1) is 19.2. The molecular formula is C14H23Cl2N3O. The van der Waals surface area contributed by atoms with E-state index in [2.05, 4.69) is 17.1 Å². The van der Waals surface area contributed by atoms with E-state index in [1.54, 1.807) is 0 Å². The average Bonchev–Trinajstić information content (AvgIpc) is 2.35. The van der Waals surface area contributed by atoms with Crippen LogP contribution in [0.4, 0.5) is 0 Å². The van der Waals surface area contributed by atoms with Crippen molar-refractivity contribution in [1.29, 1.82) is 0 Å². The molecule has 0 aromatic heterocycles. The highest BCUT2D eigenvalue weighted by Crippen LogP contribution is 2.20. The third-order valence-electron chi connectivity index (χ3n) is 3.69. The molecular weight excluding hydrogens is 297 g/mol. The maximum atomic E-state index is 11.4. The normalized spacial score (nSPS) is 15.1. The second-order valence-corrected chi connectivity index (χ2v) is 4.92. The van der Waals surface area contributed by atoms with Crippen LogP contribution in [-0.4, -0.2) is 37.0 Å². The molecule has 1 aromatic rings. The van der Waals surface area contributed by atoms with E-state index in [1.807, 2.05) is 19.1 Å². The lowest BCUT2D eigenvalue weighted by molar-refractivity contribution is 0.0999. The molecule has 0 radical (unpaired) electrons. The summed E-state index contributed by atoms with van der Waals surface area (Å²) in [7, 11) is 0. The minimum Gasteiger partial charge on any atom is -0.366 e. The smallest absolute Gasteiger partial charge is 0.248 e. The number of primary amides is 1. The molecule has 1 fully saturated rings. The van der Waals surface area contributed by atoms with E-state index in [9.17, 15) is 4.79 Å². The van der Waals surface area contributed by atoms with E-state index in [0.717, 1.165) is 38.3 Å². The van der Waals surface area contributed by atoms with Gasteiger partial charge in [-0.25, -0.2) is 0 Å². The zero-order valence-corrected chi connectivity index (χ0v) is 13.6. The largest absolute Gasteiger partial charge is 0.366 e. The second kappa shape index (κ2) is 8.47. The zero-order chi connectivity index (χ0) is 13.1. The Morgan fingerprint density at radius 2 is 1.85 bits per heavy atom. The van der Waals surface area contributed by atoms with Gasteiger partial charge in [-0.15, -0.1) is 24.8 Å². The van der Waals surface area contributed by atoms with Crippen LogP contribution in [0, 0.1) is 13.8 Å². The van der Waals surface area contributed by atoms with Gasteiger partial charge in [0.2, 0.25) is 5.91 Å². The lowest BCUT2D eigenvalue weighted by Gasteiger charge is -2.28. The molecule has 4 nitrogen and oxygen atoms in total. The van der Waals surface area contributed by atoms with Crippen molar-refractivity contribution in [1.82, 2.24) is 10.2 Å². The Morgan fingerprint density at radius 3 is 2.40 bits per heavy atom. The van der Waals surface area contributed by atoms with Gasteiger partial charge in [0.15, 0.2) is 0 Å². The van der Waals surface area contributed by atoms with Crippen molar-refractivity contribution in [3.05, 3.63) is 34.4 Å². The van der Waals surface area contributed by atoms with Crippen LogP contribution in [0.3, 0.4) is 0 Å². The summed E-state index contributed by atoms with van der Waals surface area (Å²) >= 11 is 0. The van der Waals surface area contributed by atoms with Crippen molar-refractivity contribution in [2.45, 2.75) is 20.4 Å². The fourth-order valence-electron chi connectivity index (χ4n) is 2.50. The molecule has 1 aliphatic rings. The van der Waals surface area contributed by atoms with Crippen molar-refractivity contribution in [3.63, 3.8) is 0 Å². The third-order valence-corrected chi connectivity index (χ3v) is 3.69. The zero-order valence-electron chi connectivity index (χ0n) is 11.9. The minimum atomic E-state index is -0.339. The first-order valence-corrected chi connectivity index (χ1v) is 6.41. The minimum absolute atomic E-state index is 0. The van der Waals surface area contributed by atoms with E-state index >= 15 is 0 Å². The van der Waals surface area contributed by atoms with Gasteiger partial charge in [-0.05, 0) is 36.6 Å². The van der Waals surface area contributed by atoms with Crippen LogP contribution in [0.5, 0.6) is 0 Å². The number of nitrogens with zero attached hydrogens (tertiary/aromatic N) is 1. The number of aryl methyl sites for hydroxylation is 1. The molecule has 1 aromatic carbocycles. The Labute approximate surface area is 132 Å². The van der Waals surface area contributed by atoms with Gasteiger partial charge in [-0.3, -0.25) is 9.69 Å². The maximum Gasteiger partial charge on any atom is 0.248 e. The number of benzene rings is 1. The van der Waals surface area contributed by atoms with Crippen molar-refractivity contribution in [2.75, 3.05) is 26.2 Å². The fraction of sp³-hybridized carbons (Fsp3) is 0.500. The molecule has 0 unspecified atom stereocenters. The Bertz CT molecular complexity index is 460. The van der Waals surface area contributed by atoms with Crippen LogP contribution < -0.4 is 11.1 Å². The Kier molecular flexibility index (Phi) is 8.13. The molecule has 20 heavy (non-hydrogen) atoms. The Hall–Kier alpha value is -0.810. The number of hydrogen-bond donors (Lipinski definition) is 2. The molecule has 1 amide bonds. The Balaban J connectivity index is 0.00000180. The van der Waals surface area contributed by atoms with Gasteiger partial charge in [-0.2, -0.15) is 0 Å². The SMILES string of the molecule is Cc1ccc(C(N)=O)c(C)c1CN1CCNCC1.Cl.Cl. The third kappa shape index (κ3) is 4.35. The van der Waals surface area contributed by atoms with E-state index in [1.165, 1.54) is 11.1 Å². The van der Waals surface area contributed by atoms with Gasteiger partial charge in [-0.1, -0.05) is 6.07 Å². The summed E-state index contributed by atoms with van der Waals surface area (Å²) in [5.41, 5.74) is 9.55. The van der Waals surface area contributed by atoms with Gasteiger partial charge in [0, 0.05) is 38.3 Å². The van der Waals surface area contributed by atoms with Crippen LogP contribution in [0.2, 0.25) is 0 Å². The number of nitrogens with one attached hydrogen (secondary N) is 1. The lowest BCUT2D eigenvalue weighted by Crippen LogP contribution is -2.43. The predicted molar refractivity (Wildman–Crippen MR) is 87.1 cm³/mol. The summed E-state index contributed by atoms with van der Waals surface area (Å²) in [5, 5.41) is 3.34. The predicted octanol–water partition coefficient (Wildman–Crippen LogP) is 1.65. The molecule has 0 spiro atoms. The molecule has 0 atom stereocenters. The molecule has 114 valence electrons. The Morgan fingerprint density at radius 1 is 1.25 bits per heavy atom. The molecule has 2 rings (SSSR count). The van der Waals surface area contributed by atoms with Crippen LogP contribution in [-0.2, 0) is 6.54 Å². The number of amides is 1. The number of hydrogen-bond acceptors (Lipinski definition) is 3. The summed E-state index contributed by atoms with van der Waals surface area (Å²) in [6.07, 6.45) is 0. The molecule has 1 aliphatic heterocycles. The molecule has 0 bridgehead atoms. The quantitative estimate of drug-likeness (QED) is 0.890. The summed E-state index contributed by atoms with van der Waals surface area (Å²) in [6, 6.07) is 3.82. The van der Waals surface area contributed by atoms with Gasteiger partial charge in [0.25, 0.3) is 0 Å². The standard InChI is InChI=1S/C14H21N3O.2ClH/c1-10-3-4-12(14(15)18)11(2)13(10)9-17-7-5-16-6-8-17;;/h3-4,16H,5-9H2,1-2H3,(H2,15,18);2*1H. The van der Waals surface area contributed by atoms with Crippen LogP contribution >= 0.6 is 24.8 Å². The first-order chi connectivity index (χ1) is 8.59. The monoisotopic (exact) mass is 319 g/mol. The van der Waals surface area contributed by atoms with E-state index in [0.29, 0.717) is 5.56 Å². The van der Waals surface area contributed by atoms with Crippen molar-refractivity contribution in [2.24, 2.45) is 5.73 Å². The number of nitrogens with two attached hydrogens (primary N) is 1. The molecule has 0 aliphatic carbocycles. The summed E-state index contributed by atoms with van der Waals surface area (Å²) in [6.45, 7) is 9.17. The van der Waals surface area contributed by atoms with Crippen LogP contribution in [0.1, 0.15) is 27.0 Å². The fourth-order valence-corrected chi connectivity index (χ4v) is 2.50. The van der Waals surface area contributed by atoms with Crippen molar-refractivity contribution >= 4 is 30.7 Å². The number of carbonyl (C=O) groups excluding carboxylic acids is 1. The van der Waals surface area contributed by atoms with E-state index < -0.39 is 0 Å². The molecule has 1 saturated heterocycles. The first-order valence-electron chi connectivity index (χ1n) is 6.41. The number of halogens is 2. The van der Waals surface area contributed by atoms with Gasteiger partial charge < -0.3 is 11.1 Å². The molecule has 3 N–H and O–H groups in total. The van der Waals surface area contributed by atoms with Crippen LogP contribution in [0.15, 0.2) is 12.1 Å². The summed E-state index contributed by atoms with van der Waals surface area (Å²) in [4.78, 5) is 13.8. The highest BCUT2D eigenvalue weighted by atomic mass is 35.5. The average molecular weight is 320 g/mol. The van der Waals surface area contributed by atoms with Gasteiger partial charge >= 0.3 is 0 Å². The summed E-state index contributed by atoms with van der Waals surface area (Å²) in [5.74, 6) is -0.339. The maximum absolute atomic E-state index is 11.4. The van der Waals surface area contributed by atoms with Crippen LogP contribution in [0.25, 0.3) is 0 Å². The van der Waals surface area contributed by atoms with E-state index in [-0.39, 0.29) is 30.7 Å². The number of piperazine rings is 1. The molecule has 0 saturated carbocycles. The van der Waals surface area contributed by atoms with E-state index in [4.69, 9.17) is 5.73 Å². The topological polar surface area (TPSA) is 58.4 Å². The van der Waals surface area contributed by atoms with Crippen molar-refractivity contribution in [3.8, 4) is 0 Å². The van der Waals surface area contributed by atoms with Crippen molar-refractivity contribution < 1.29 is 4.79 Å².